The maximum absolute atomic E-state index is 11.6. The van der Waals surface area contributed by atoms with Gasteiger partial charge < -0.3 is 0 Å². The number of rotatable bonds is 4. The quantitative estimate of drug-likeness (QED) is 0.640. The molecule has 1 fully saturated rings. The van der Waals surface area contributed by atoms with Gasteiger partial charge in [0.1, 0.15) is 5.69 Å². The van der Waals surface area contributed by atoms with Crippen molar-refractivity contribution in [1.29, 1.82) is 0 Å². The number of hydrogen-bond acceptors (Lipinski definition) is 4. The fourth-order valence-electron chi connectivity index (χ4n) is 1.33. The average Bonchev–Trinajstić information content (AvgIpc) is 3.00. The van der Waals surface area contributed by atoms with Crippen LogP contribution in [0.2, 0.25) is 0 Å². The summed E-state index contributed by atoms with van der Waals surface area (Å²) in [6, 6.07) is 5.70. The van der Waals surface area contributed by atoms with E-state index in [9.17, 15) is 18.5 Å². The third-order valence-corrected chi connectivity index (χ3v) is 4.17. The second-order valence-corrected chi connectivity index (χ2v) is 5.58. The third kappa shape index (κ3) is 2.13. The highest BCUT2D eigenvalue weighted by atomic mass is 32.2. The van der Waals surface area contributed by atoms with Crippen LogP contribution in [0.5, 0.6) is 0 Å². The fourth-order valence-corrected chi connectivity index (χ4v) is 2.74. The van der Waals surface area contributed by atoms with Gasteiger partial charge in [-0.1, -0.05) is 12.1 Å². The van der Waals surface area contributed by atoms with Gasteiger partial charge >= 0.3 is 0 Å². The first-order valence-electron chi connectivity index (χ1n) is 4.76. The highest BCUT2D eigenvalue weighted by Crippen LogP contribution is 2.32. The van der Waals surface area contributed by atoms with Crippen LogP contribution in [0, 0.1) is 10.1 Å². The van der Waals surface area contributed by atoms with Crippen molar-refractivity contribution in [2.75, 3.05) is 4.72 Å². The average molecular weight is 242 g/mol. The van der Waals surface area contributed by atoms with E-state index in [0.717, 1.165) is 0 Å². The van der Waals surface area contributed by atoms with Crippen LogP contribution >= 0.6 is 0 Å². The second-order valence-electron chi connectivity index (χ2n) is 3.62. The molecule has 0 amide bonds. The predicted molar refractivity (Wildman–Crippen MR) is 58.7 cm³/mol. The highest BCUT2D eigenvalue weighted by Gasteiger charge is 2.36. The van der Waals surface area contributed by atoms with Crippen molar-refractivity contribution in [1.82, 2.24) is 0 Å². The molecule has 1 aliphatic rings. The summed E-state index contributed by atoms with van der Waals surface area (Å²) in [5.74, 6) is 0. The molecule has 0 radical (unpaired) electrons. The first kappa shape index (κ1) is 10.9. The van der Waals surface area contributed by atoms with Gasteiger partial charge in [0.2, 0.25) is 10.0 Å². The molecule has 0 saturated heterocycles. The van der Waals surface area contributed by atoms with Crippen LogP contribution in [0.1, 0.15) is 12.8 Å². The lowest BCUT2D eigenvalue weighted by molar-refractivity contribution is -0.383. The van der Waals surface area contributed by atoms with E-state index in [-0.39, 0.29) is 11.4 Å². The number of nitro groups is 1. The van der Waals surface area contributed by atoms with E-state index in [1.54, 1.807) is 6.07 Å². The SMILES string of the molecule is O=[N+]([O-])c1ccccc1NS(=O)(=O)C1CC1. The van der Waals surface area contributed by atoms with Crippen LogP contribution < -0.4 is 4.72 Å². The Morgan fingerprint density at radius 2 is 1.94 bits per heavy atom. The molecule has 1 aliphatic carbocycles. The van der Waals surface area contributed by atoms with Crippen molar-refractivity contribution < 1.29 is 13.3 Å². The van der Waals surface area contributed by atoms with Crippen LogP contribution in [0.4, 0.5) is 11.4 Å². The van der Waals surface area contributed by atoms with Gasteiger partial charge in [0.15, 0.2) is 0 Å². The first-order valence-corrected chi connectivity index (χ1v) is 6.30. The molecule has 1 aromatic rings. The summed E-state index contributed by atoms with van der Waals surface area (Å²) >= 11 is 0. The summed E-state index contributed by atoms with van der Waals surface area (Å²) < 4.78 is 25.5. The molecule has 0 spiro atoms. The molecule has 0 aliphatic heterocycles. The van der Waals surface area contributed by atoms with Gasteiger partial charge in [-0.3, -0.25) is 14.8 Å². The monoisotopic (exact) mass is 242 g/mol. The number of hydrogen-bond donors (Lipinski definition) is 1. The Labute approximate surface area is 92.5 Å². The Morgan fingerprint density at radius 3 is 2.50 bits per heavy atom. The minimum atomic E-state index is -3.45. The molecular formula is C9H10N2O4S. The Bertz CT molecular complexity index is 522. The van der Waals surface area contributed by atoms with E-state index in [1.165, 1.54) is 18.2 Å². The number of nitrogens with one attached hydrogen (secondary N) is 1. The van der Waals surface area contributed by atoms with Crippen molar-refractivity contribution in [2.45, 2.75) is 18.1 Å². The smallest absolute Gasteiger partial charge is 0.277 e. The molecule has 1 N–H and O–H groups in total. The van der Waals surface area contributed by atoms with Gasteiger partial charge in [0.05, 0.1) is 10.2 Å². The van der Waals surface area contributed by atoms with E-state index < -0.39 is 20.2 Å². The molecule has 0 bridgehead atoms. The van der Waals surface area contributed by atoms with Crippen molar-refractivity contribution in [3.05, 3.63) is 34.4 Å². The maximum Gasteiger partial charge on any atom is 0.293 e. The van der Waals surface area contributed by atoms with E-state index >= 15 is 0 Å². The lowest BCUT2D eigenvalue weighted by Crippen LogP contribution is -2.18. The van der Waals surface area contributed by atoms with E-state index in [4.69, 9.17) is 0 Å². The molecule has 16 heavy (non-hydrogen) atoms. The fraction of sp³-hybridized carbons (Fsp3) is 0.333. The van der Waals surface area contributed by atoms with Gasteiger partial charge in [-0.25, -0.2) is 8.42 Å². The number of para-hydroxylation sites is 2. The molecule has 86 valence electrons. The summed E-state index contributed by atoms with van der Waals surface area (Å²) in [5, 5.41) is 10.3. The molecule has 0 heterocycles. The summed E-state index contributed by atoms with van der Waals surface area (Å²) in [5.41, 5.74) is -0.203. The van der Waals surface area contributed by atoms with Crippen LogP contribution in [0.25, 0.3) is 0 Å². The zero-order valence-electron chi connectivity index (χ0n) is 8.29. The van der Waals surface area contributed by atoms with Crippen LogP contribution in [-0.2, 0) is 10.0 Å². The molecule has 6 nitrogen and oxygen atoms in total. The minimum absolute atomic E-state index is 0.0272. The Morgan fingerprint density at radius 1 is 1.31 bits per heavy atom. The molecule has 0 atom stereocenters. The lowest BCUT2D eigenvalue weighted by Gasteiger charge is -2.06. The number of benzene rings is 1. The van der Waals surface area contributed by atoms with Crippen LogP contribution in [-0.4, -0.2) is 18.6 Å². The summed E-state index contributed by atoms with van der Waals surface area (Å²) in [7, 11) is -3.45. The standard InChI is InChI=1S/C9H10N2O4S/c12-11(13)9-4-2-1-3-8(9)10-16(14,15)7-5-6-7/h1-4,7,10H,5-6H2. The normalized spacial score (nSPS) is 15.8. The summed E-state index contributed by atoms with van der Waals surface area (Å²) in [4.78, 5) is 10.1. The van der Waals surface area contributed by atoms with Crippen molar-refractivity contribution in [3.63, 3.8) is 0 Å². The van der Waals surface area contributed by atoms with Crippen LogP contribution in [0.15, 0.2) is 24.3 Å². The van der Waals surface area contributed by atoms with Crippen LogP contribution in [0.3, 0.4) is 0 Å². The predicted octanol–water partition coefficient (Wildman–Crippen LogP) is 1.50. The Kier molecular flexibility index (Phi) is 2.55. The number of nitro benzene ring substituents is 1. The zero-order chi connectivity index (χ0) is 11.8. The van der Waals surface area contributed by atoms with E-state index in [0.29, 0.717) is 12.8 Å². The van der Waals surface area contributed by atoms with Gasteiger partial charge in [0.25, 0.3) is 5.69 Å². The Balaban J connectivity index is 2.30. The third-order valence-electron chi connectivity index (χ3n) is 2.32. The molecule has 1 aromatic carbocycles. The molecule has 1 saturated carbocycles. The van der Waals surface area contributed by atoms with Crippen molar-refractivity contribution >= 4 is 21.4 Å². The van der Waals surface area contributed by atoms with Gasteiger partial charge in [-0.2, -0.15) is 0 Å². The maximum atomic E-state index is 11.6. The van der Waals surface area contributed by atoms with Gasteiger partial charge in [-0.15, -0.1) is 0 Å². The topological polar surface area (TPSA) is 89.3 Å². The second kappa shape index (κ2) is 3.75. The minimum Gasteiger partial charge on any atom is -0.277 e. The van der Waals surface area contributed by atoms with Gasteiger partial charge in [0, 0.05) is 6.07 Å². The first-order chi connectivity index (χ1) is 7.50. The largest absolute Gasteiger partial charge is 0.293 e. The lowest BCUT2D eigenvalue weighted by atomic mass is 10.3. The molecule has 0 unspecified atom stereocenters. The van der Waals surface area contributed by atoms with E-state index in [1.807, 2.05) is 0 Å². The zero-order valence-corrected chi connectivity index (χ0v) is 9.11. The number of anilines is 1. The van der Waals surface area contributed by atoms with Crippen molar-refractivity contribution in [2.24, 2.45) is 0 Å². The Hall–Kier alpha value is -1.63. The highest BCUT2D eigenvalue weighted by molar-refractivity contribution is 7.93. The van der Waals surface area contributed by atoms with Crippen molar-refractivity contribution in [3.8, 4) is 0 Å². The van der Waals surface area contributed by atoms with Gasteiger partial charge in [-0.05, 0) is 18.9 Å². The summed E-state index contributed by atoms with van der Waals surface area (Å²) in [6.45, 7) is 0. The number of nitrogens with zero attached hydrogens (tertiary/aromatic N) is 1. The molecule has 7 heteroatoms. The molecular weight excluding hydrogens is 232 g/mol. The number of sulfonamides is 1. The molecule has 2 rings (SSSR count). The van der Waals surface area contributed by atoms with E-state index in [2.05, 4.69) is 4.72 Å². The molecule has 0 aromatic heterocycles. The summed E-state index contributed by atoms with van der Waals surface area (Å²) in [6.07, 6.45) is 1.24.